The molecular weight excluding hydrogens is 399 g/mol. The van der Waals surface area contributed by atoms with Crippen molar-refractivity contribution < 1.29 is 0 Å². The van der Waals surface area contributed by atoms with Crippen LogP contribution in [-0.4, -0.2) is 39.1 Å². The van der Waals surface area contributed by atoms with Gasteiger partial charge in [-0.3, -0.25) is 4.98 Å². The van der Waals surface area contributed by atoms with Gasteiger partial charge in [0.05, 0.1) is 17.2 Å². The second kappa shape index (κ2) is 6.02. The Morgan fingerprint density at radius 1 is 1.22 bits per heavy atom. The Morgan fingerprint density at radius 2 is 2.00 bits per heavy atom. The zero-order valence-corrected chi connectivity index (χ0v) is 15.7. The number of aromatic nitrogens is 3. The monoisotopic (exact) mass is 420 g/mol. The van der Waals surface area contributed by atoms with Gasteiger partial charge in [-0.25, -0.2) is 4.98 Å². The van der Waals surface area contributed by atoms with Crippen LogP contribution in [0.2, 0.25) is 0 Å². The summed E-state index contributed by atoms with van der Waals surface area (Å²) in [5.41, 5.74) is 3.35. The van der Waals surface area contributed by atoms with E-state index in [1.54, 1.807) is 0 Å². The summed E-state index contributed by atoms with van der Waals surface area (Å²) >= 11 is 2.38. The third-order valence-corrected chi connectivity index (χ3v) is 5.69. The summed E-state index contributed by atoms with van der Waals surface area (Å²) in [5.74, 6) is 1.11. The number of fused-ring (bicyclic) bond motifs is 3. The fraction of sp³-hybridized carbons (Fsp3) is 0.444. The summed E-state index contributed by atoms with van der Waals surface area (Å²) in [4.78, 5) is 11.9. The van der Waals surface area contributed by atoms with Gasteiger partial charge >= 0.3 is 0 Å². The van der Waals surface area contributed by atoms with Crippen molar-refractivity contribution in [2.75, 3.05) is 19.6 Å². The molecule has 1 fully saturated rings. The Hall–Kier alpha value is -1.21. The Labute approximate surface area is 150 Å². The van der Waals surface area contributed by atoms with Crippen molar-refractivity contribution in [3.05, 3.63) is 33.8 Å². The van der Waals surface area contributed by atoms with Crippen LogP contribution in [0.3, 0.4) is 0 Å². The molecule has 0 amide bonds. The molecule has 4 rings (SSSR count). The molecule has 3 aromatic rings. The number of hydrogen-bond acceptors (Lipinski definition) is 3. The van der Waals surface area contributed by atoms with Crippen molar-refractivity contribution in [1.29, 1.82) is 0 Å². The van der Waals surface area contributed by atoms with Crippen LogP contribution >= 0.6 is 22.6 Å². The fourth-order valence-corrected chi connectivity index (χ4v) is 4.30. The molecule has 0 spiro atoms. The highest BCUT2D eigenvalue weighted by Gasteiger charge is 2.23. The number of aryl methyl sites for hydroxylation is 1. The predicted molar refractivity (Wildman–Crippen MR) is 103 cm³/mol. The zero-order chi connectivity index (χ0) is 16.0. The molecule has 0 radical (unpaired) electrons. The minimum atomic E-state index is 0.547. The lowest BCUT2D eigenvalue weighted by atomic mass is 10.0. The van der Waals surface area contributed by atoms with E-state index in [1.165, 1.54) is 40.4 Å². The predicted octanol–water partition coefficient (Wildman–Crippen LogP) is 4.15. The van der Waals surface area contributed by atoms with E-state index in [0.717, 1.165) is 23.4 Å². The number of hydrogen-bond donors (Lipinski definition) is 0. The standard InChI is InChI=1S/C18H21IN4/c1-3-22-8-6-14(7-9-22)23-12(2)21-17-11-20-16-5-4-13(19)10-15(16)18(17)23/h4-5,10-11,14H,3,6-9H2,1-2H3. The Bertz CT molecular complexity index is 862. The number of halogens is 1. The van der Waals surface area contributed by atoms with Gasteiger partial charge in [0.25, 0.3) is 0 Å². The van der Waals surface area contributed by atoms with Crippen LogP contribution in [0.5, 0.6) is 0 Å². The number of nitrogens with zero attached hydrogens (tertiary/aromatic N) is 4. The maximum Gasteiger partial charge on any atom is 0.108 e. The molecule has 0 saturated carbocycles. The molecule has 3 heterocycles. The first-order chi connectivity index (χ1) is 11.2. The van der Waals surface area contributed by atoms with E-state index >= 15 is 0 Å². The molecule has 23 heavy (non-hydrogen) atoms. The molecule has 4 nitrogen and oxygen atoms in total. The molecule has 5 heteroatoms. The third-order valence-electron chi connectivity index (χ3n) is 5.02. The average Bonchev–Trinajstić information content (AvgIpc) is 2.91. The Morgan fingerprint density at radius 3 is 2.74 bits per heavy atom. The largest absolute Gasteiger partial charge is 0.324 e. The smallest absolute Gasteiger partial charge is 0.108 e. The molecule has 1 aliphatic heterocycles. The van der Waals surface area contributed by atoms with Gasteiger partial charge in [0, 0.05) is 28.1 Å². The topological polar surface area (TPSA) is 34.0 Å². The van der Waals surface area contributed by atoms with E-state index in [4.69, 9.17) is 4.98 Å². The minimum absolute atomic E-state index is 0.547. The van der Waals surface area contributed by atoms with Crippen molar-refractivity contribution in [3.8, 4) is 0 Å². The van der Waals surface area contributed by atoms with Gasteiger partial charge in [-0.05, 0) is 67.1 Å². The van der Waals surface area contributed by atoms with Gasteiger partial charge in [0.15, 0.2) is 0 Å². The van der Waals surface area contributed by atoms with E-state index in [9.17, 15) is 0 Å². The molecule has 0 unspecified atom stereocenters. The van der Waals surface area contributed by atoms with Gasteiger partial charge < -0.3 is 9.47 Å². The van der Waals surface area contributed by atoms with E-state index in [1.807, 2.05) is 6.20 Å². The number of pyridine rings is 1. The molecule has 0 atom stereocenters. The first-order valence-corrected chi connectivity index (χ1v) is 9.40. The lowest BCUT2D eigenvalue weighted by Gasteiger charge is -2.32. The minimum Gasteiger partial charge on any atom is -0.324 e. The number of piperidine rings is 1. The first kappa shape index (κ1) is 15.3. The van der Waals surface area contributed by atoms with Crippen LogP contribution in [-0.2, 0) is 0 Å². The fourth-order valence-electron chi connectivity index (χ4n) is 3.81. The van der Waals surface area contributed by atoms with Crippen LogP contribution in [0.25, 0.3) is 21.9 Å². The molecule has 1 aliphatic rings. The Kier molecular flexibility index (Phi) is 4.01. The van der Waals surface area contributed by atoms with Gasteiger partial charge in [0.1, 0.15) is 11.3 Å². The summed E-state index contributed by atoms with van der Waals surface area (Å²) in [6, 6.07) is 7.02. The molecule has 0 aliphatic carbocycles. The SMILES string of the molecule is CCN1CCC(n2c(C)nc3cnc4ccc(I)cc4c32)CC1. The van der Waals surface area contributed by atoms with Crippen LogP contribution < -0.4 is 0 Å². The van der Waals surface area contributed by atoms with Gasteiger partial charge in [-0.1, -0.05) is 6.92 Å². The highest BCUT2D eigenvalue weighted by Crippen LogP contribution is 2.32. The highest BCUT2D eigenvalue weighted by atomic mass is 127. The van der Waals surface area contributed by atoms with Crippen LogP contribution in [0, 0.1) is 10.5 Å². The molecule has 1 aromatic carbocycles. The quantitative estimate of drug-likeness (QED) is 0.584. The molecular formula is C18H21IN4. The van der Waals surface area contributed by atoms with Crippen LogP contribution in [0.15, 0.2) is 24.4 Å². The van der Waals surface area contributed by atoms with E-state index in [0.29, 0.717) is 6.04 Å². The van der Waals surface area contributed by atoms with E-state index in [2.05, 4.69) is 69.1 Å². The van der Waals surface area contributed by atoms with Crippen molar-refractivity contribution in [2.45, 2.75) is 32.7 Å². The zero-order valence-electron chi connectivity index (χ0n) is 13.6. The van der Waals surface area contributed by atoms with Crippen molar-refractivity contribution in [2.24, 2.45) is 0 Å². The second-order valence-electron chi connectivity index (χ2n) is 6.35. The van der Waals surface area contributed by atoms with Crippen LogP contribution in [0.1, 0.15) is 31.6 Å². The van der Waals surface area contributed by atoms with Crippen molar-refractivity contribution >= 4 is 44.5 Å². The highest BCUT2D eigenvalue weighted by molar-refractivity contribution is 14.1. The van der Waals surface area contributed by atoms with Crippen LogP contribution in [0.4, 0.5) is 0 Å². The third kappa shape index (κ3) is 2.63. The van der Waals surface area contributed by atoms with Gasteiger partial charge in [0.2, 0.25) is 0 Å². The normalized spacial score (nSPS) is 17.3. The number of benzene rings is 1. The van der Waals surface area contributed by atoms with Gasteiger partial charge in [-0.2, -0.15) is 0 Å². The van der Waals surface area contributed by atoms with Crippen molar-refractivity contribution in [3.63, 3.8) is 0 Å². The lowest BCUT2D eigenvalue weighted by molar-refractivity contribution is 0.195. The summed E-state index contributed by atoms with van der Waals surface area (Å²) < 4.78 is 3.72. The summed E-state index contributed by atoms with van der Waals surface area (Å²) in [5, 5.41) is 1.23. The second-order valence-corrected chi connectivity index (χ2v) is 7.59. The number of rotatable bonds is 2. The molecule has 120 valence electrons. The molecule has 0 bridgehead atoms. The maximum absolute atomic E-state index is 4.79. The summed E-state index contributed by atoms with van der Waals surface area (Å²) in [6.07, 6.45) is 4.33. The molecule has 1 saturated heterocycles. The van der Waals surface area contributed by atoms with Crippen molar-refractivity contribution in [1.82, 2.24) is 19.4 Å². The van der Waals surface area contributed by atoms with E-state index < -0.39 is 0 Å². The molecule has 2 aromatic heterocycles. The summed E-state index contributed by atoms with van der Waals surface area (Å²) in [7, 11) is 0. The average molecular weight is 420 g/mol. The van der Waals surface area contributed by atoms with E-state index in [-0.39, 0.29) is 0 Å². The first-order valence-electron chi connectivity index (χ1n) is 8.32. The number of likely N-dealkylation sites (tertiary alicyclic amines) is 1. The maximum atomic E-state index is 4.79. The number of imidazole rings is 1. The summed E-state index contributed by atoms with van der Waals surface area (Å²) in [6.45, 7) is 7.90. The molecule has 0 N–H and O–H groups in total. The Balaban J connectivity index is 1.88. The lowest BCUT2D eigenvalue weighted by Crippen LogP contribution is -2.34. The van der Waals surface area contributed by atoms with Gasteiger partial charge in [-0.15, -0.1) is 0 Å².